The summed E-state index contributed by atoms with van der Waals surface area (Å²) in [7, 11) is -4.21. The van der Waals surface area contributed by atoms with Crippen molar-refractivity contribution in [2.24, 2.45) is 5.73 Å². The highest BCUT2D eigenvalue weighted by Gasteiger charge is 2.33. The molecule has 2 N–H and O–H groups in total. The van der Waals surface area contributed by atoms with Crippen LogP contribution in [0.15, 0.2) is 108 Å². The molecule has 0 aliphatic heterocycles. The first-order valence-electron chi connectivity index (χ1n) is 13.5. The molecule has 5 aromatic rings. The maximum atomic E-state index is 14.2. The van der Waals surface area contributed by atoms with Crippen molar-refractivity contribution in [3.8, 4) is 16.9 Å². The fraction of sp³-hybridized carbons (Fsp3) is 0.182. The molecular formula is C33H32N2O5S. The Labute approximate surface area is 240 Å². The second kappa shape index (κ2) is 12.0. The molecule has 210 valence electrons. The van der Waals surface area contributed by atoms with Crippen molar-refractivity contribution in [3.05, 3.63) is 120 Å². The predicted octanol–water partition coefficient (Wildman–Crippen LogP) is 6.71. The molecule has 0 aliphatic carbocycles. The first-order valence-corrected chi connectivity index (χ1v) is 15.0. The third-order valence-electron chi connectivity index (χ3n) is 6.96. The highest BCUT2D eigenvalue weighted by atomic mass is 32.2. The molecule has 0 bridgehead atoms. The summed E-state index contributed by atoms with van der Waals surface area (Å²) in [5.41, 5.74) is 9.66. The summed E-state index contributed by atoms with van der Waals surface area (Å²) in [5.74, 6) is -0.214. The van der Waals surface area contributed by atoms with Crippen LogP contribution in [0.25, 0.3) is 22.0 Å². The van der Waals surface area contributed by atoms with Crippen LogP contribution in [0.4, 0.5) is 0 Å². The van der Waals surface area contributed by atoms with Crippen LogP contribution in [0.1, 0.15) is 47.9 Å². The summed E-state index contributed by atoms with van der Waals surface area (Å²) in [5, 5.41) is 0.536. The zero-order valence-electron chi connectivity index (χ0n) is 23.0. The summed E-state index contributed by atoms with van der Waals surface area (Å²) in [6, 6.07) is 30.1. The molecule has 0 fully saturated rings. The largest absolute Gasteiger partial charge is 0.489 e. The second-order valence-electron chi connectivity index (χ2n) is 9.58. The Morgan fingerprint density at radius 1 is 0.878 bits per heavy atom. The van der Waals surface area contributed by atoms with E-state index >= 15 is 0 Å². The molecule has 0 saturated heterocycles. The first kappa shape index (κ1) is 28.1. The van der Waals surface area contributed by atoms with E-state index in [0.717, 1.165) is 15.1 Å². The molecule has 41 heavy (non-hydrogen) atoms. The molecule has 1 atom stereocenters. The van der Waals surface area contributed by atoms with Crippen molar-refractivity contribution >= 4 is 26.9 Å². The van der Waals surface area contributed by atoms with Crippen molar-refractivity contribution < 1.29 is 22.7 Å². The number of ether oxygens (including phenoxy) is 2. The zero-order valence-corrected chi connectivity index (χ0v) is 23.8. The normalized spacial score (nSPS) is 12.3. The molecule has 0 amide bonds. The van der Waals surface area contributed by atoms with Gasteiger partial charge in [0.15, 0.2) is 5.69 Å². The lowest BCUT2D eigenvalue weighted by Gasteiger charge is -2.17. The highest BCUT2D eigenvalue weighted by molar-refractivity contribution is 7.90. The number of fused-ring (bicyclic) bond motifs is 1. The number of rotatable bonds is 10. The molecule has 4 aromatic carbocycles. The molecule has 0 spiro atoms. The van der Waals surface area contributed by atoms with E-state index in [1.165, 1.54) is 12.1 Å². The van der Waals surface area contributed by atoms with Gasteiger partial charge in [0.2, 0.25) is 0 Å². The number of aromatic nitrogens is 1. The van der Waals surface area contributed by atoms with Gasteiger partial charge in [-0.3, -0.25) is 0 Å². The number of carbonyl (C=O) groups excluding carboxylic acids is 1. The van der Waals surface area contributed by atoms with E-state index in [1.54, 1.807) is 43.3 Å². The summed E-state index contributed by atoms with van der Waals surface area (Å²) in [4.78, 5) is 13.7. The lowest BCUT2D eigenvalue weighted by atomic mass is 9.92. The maximum absolute atomic E-state index is 14.2. The quantitative estimate of drug-likeness (QED) is 0.188. The number of nitrogens with zero attached hydrogens (tertiary/aromatic N) is 1. The molecule has 5 rings (SSSR count). The summed E-state index contributed by atoms with van der Waals surface area (Å²) < 4.78 is 41.1. The third kappa shape index (κ3) is 5.49. The lowest BCUT2D eigenvalue weighted by Crippen LogP contribution is -2.20. The molecule has 7 nitrogen and oxygen atoms in total. The van der Waals surface area contributed by atoms with E-state index in [1.807, 2.05) is 61.5 Å². The Morgan fingerprint density at radius 3 is 2.22 bits per heavy atom. The first-order chi connectivity index (χ1) is 19.9. The Hall–Kier alpha value is -4.40. The smallest absolute Gasteiger partial charge is 0.356 e. The maximum Gasteiger partial charge on any atom is 0.356 e. The molecule has 1 heterocycles. The van der Waals surface area contributed by atoms with Crippen LogP contribution < -0.4 is 10.5 Å². The van der Waals surface area contributed by atoms with Crippen LogP contribution in [0.3, 0.4) is 0 Å². The van der Waals surface area contributed by atoms with Crippen LogP contribution in [0, 0.1) is 0 Å². The summed E-state index contributed by atoms with van der Waals surface area (Å²) in [6.45, 7) is 4.07. The van der Waals surface area contributed by atoms with Gasteiger partial charge in [-0.25, -0.2) is 17.2 Å². The fourth-order valence-electron chi connectivity index (χ4n) is 4.95. The molecule has 8 heteroatoms. The van der Waals surface area contributed by atoms with Gasteiger partial charge in [-0.1, -0.05) is 79.7 Å². The van der Waals surface area contributed by atoms with E-state index in [2.05, 4.69) is 0 Å². The zero-order chi connectivity index (χ0) is 29.0. The van der Waals surface area contributed by atoms with Gasteiger partial charge in [0.1, 0.15) is 12.4 Å². The van der Waals surface area contributed by atoms with Gasteiger partial charge in [0.25, 0.3) is 10.0 Å². The molecule has 1 aromatic heterocycles. The van der Waals surface area contributed by atoms with Gasteiger partial charge in [-0.2, -0.15) is 0 Å². The topological polar surface area (TPSA) is 101 Å². The predicted molar refractivity (Wildman–Crippen MR) is 160 cm³/mol. The number of hydrogen-bond acceptors (Lipinski definition) is 6. The molecular weight excluding hydrogens is 536 g/mol. The van der Waals surface area contributed by atoms with E-state index in [9.17, 15) is 13.2 Å². The Balaban J connectivity index is 1.83. The Morgan fingerprint density at radius 2 is 1.54 bits per heavy atom. The number of esters is 1. The monoisotopic (exact) mass is 568 g/mol. The Bertz CT molecular complexity index is 1780. The van der Waals surface area contributed by atoms with E-state index in [-0.39, 0.29) is 23.2 Å². The minimum Gasteiger partial charge on any atom is -0.489 e. The van der Waals surface area contributed by atoms with Crippen LogP contribution in [0.2, 0.25) is 0 Å². The SMILES string of the molecule is CCOC(=O)c1c(-c2ccccc2[C@@H](N)CC)c2cc(OCc3ccccc3)ccc2n1S(=O)(=O)c1ccccc1. The number of benzene rings is 4. The number of nitrogens with two attached hydrogens (primary N) is 1. The molecule has 0 radical (unpaired) electrons. The Kier molecular flexibility index (Phi) is 8.23. The van der Waals surface area contributed by atoms with E-state index in [4.69, 9.17) is 15.2 Å². The molecule has 0 unspecified atom stereocenters. The van der Waals surface area contributed by atoms with Gasteiger partial charge in [-0.15, -0.1) is 0 Å². The van der Waals surface area contributed by atoms with Crippen LogP contribution in [0.5, 0.6) is 5.75 Å². The fourth-order valence-corrected chi connectivity index (χ4v) is 6.48. The van der Waals surface area contributed by atoms with Crippen molar-refractivity contribution in [2.45, 2.75) is 37.8 Å². The van der Waals surface area contributed by atoms with Gasteiger partial charge in [0, 0.05) is 17.0 Å². The second-order valence-corrected chi connectivity index (χ2v) is 11.4. The van der Waals surface area contributed by atoms with Crippen molar-refractivity contribution in [2.75, 3.05) is 6.61 Å². The standard InChI is InChI=1S/C33H32N2O5S/c1-3-29(34)26-17-11-12-18-27(26)31-28-21-24(40-22-23-13-7-5-8-14-23)19-20-30(28)35(32(31)33(36)39-4-2)41(37,38)25-15-9-6-10-16-25/h5-21,29H,3-4,22,34H2,1-2H3/t29-/m0/s1. The van der Waals surface area contributed by atoms with Gasteiger partial charge >= 0.3 is 5.97 Å². The third-order valence-corrected chi connectivity index (χ3v) is 8.69. The van der Waals surface area contributed by atoms with Crippen LogP contribution >= 0.6 is 0 Å². The van der Waals surface area contributed by atoms with Crippen molar-refractivity contribution in [1.82, 2.24) is 3.97 Å². The van der Waals surface area contributed by atoms with E-state index in [0.29, 0.717) is 40.8 Å². The van der Waals surface area contributed by atoms with Gasteiger partial charge in [-0.05, 0) is 60.4 Å². The van der Waals surface area contributed by atoms with Gasteiger partial charge in [0.05, 0.1) is 17.0 Å². The summed E-state index contributed by atoms with van der Waals surface area (Å²) >= 11 is 0. The molecule has 0 saturated carbocycles. The lowest BCUT2D eigenvalue weighted by molar-refractivity contribution is 0.0519. The summed E-state index contributed by atoms with van der Waals surface area (Å²) in [6.07, 6.45) is 0.651. The number of hydrogen-bond donors (Lipinski definition) is 1. The minimum absolute atomic E-state index is 0.0527. The highest BCUT2D eigenvalue weighted by Crippen LogP contribution is 2.42. The average Bonchev–Trinajstić information content (AvgIpc) is 3.36. The van der Waals surface area contributed by atoms with Crippen molar-refractivity contribution in [3.63, 3.8) is 0 Å². The average molecular weight is 569 g/mol. The van der Waals surface area contributed by atoms with Gasteiger partial charge < -0.3 is 15.2 Å². The van der Waals surface area contributed by atoms with E-state index < -0.39 is 16.0 Å². The molecule has 0 aliphatic rings. The van der Waals surface area contributed by atoms with Crippen LogP contribution in [-0.4, -0.2) is 25.0 Å². The number of carbonyl (C=O) groups is 1. The minimum atomic E-state index is -4.21. The van der Waals surface area contributed by atoms with Crippen molar-refractivity contribution in [1.29, 1.82) is 0 Å². The van der Waals surface area contributed by atoms with Crippen LogP contribution in [-0.2, 0) is 21.4 Å².